The van der Waals surface area contributed by atoms with Gasteiger partial charge in [-0.25, -0.2) is 0 Å². The minimum atomic E-state index is -0.688. The van der Waals surface area contributed by atoms with E-state index < -0.39 is 5.97 Å². The van der Waals surface area contributed by atoms with Crippen molar-refractivity contribution in [2.24, 2.45) is 0 Å². The summed E-state index contributed by atoms with van der Waals surface area (Å²) in [5, 5.41) is 8.79. The number of aliphatic carboxylic acids is 1. The van der Waals surface area contributed by atoms with E-state index >= 15 is 0 Å². The van der Waals surface area contributed by atoms with Gasteiger partial charge in [-0.15, -0.1) is 0 Å². The zero-order valence-electron chi connectivity index (χ0n) is 22.1. The van der Waals surface area contributed by atoms with Gasteiger partial charge in [0.15, 0.2) is 12.3 Å². The second-order valence-corrected chi connectivity index (χ2v) is 11.4. The predicted octanol–water partition coefficient (Wildman–Crippen LogP) is 5.08. The largest absolute Gasteiger partial charge is 0.485 e. The van der Waals surface area contributed by atoms with Crippen molar-refractivity contribution in [3.05, 3.63) is 59.2 Å². The van der Waals surface area contributed by atoms with Gasteiger partial charge in [-0.3, -0.25) is 9.69 Å². The molecule has 0 saturated carbocycles. The Labute approximate surface area is 219 Å². The normalized spacial score (nSPS) is 21.9. The van der Waals surface area contributed by atoms with Crippen LogP contribution in [0.5, 0.6) is 5.75 Å². The fourth-order valence-electron chi connectivity index (χ4n) is 6.69. The number of anilines is 1. The Hall–Kier alpha value is -3.12. The summed E-state index contributed by atoms with van der Waals surface area (Å²) in [6.07, 6.45) is 6.62. The highest BCUT2D eigenvalue weighted by Gasteiger charge is 2.52. The molecule has 6 nitrogen and oxygen atoms in total. The van der Waals surface area contributed by atoms with Gasteiger partial charge in [0.25, 0.3) is 0 Å². The van der Waals surface area contributed by atoms with Gasteiger partial charge in [0.05, 0.1) is 11.0 Å². The van der Waals surface area contributed by atoms with E-state index in [1.807, 2.05) is 0 Å². The van der Waals surface area contributed by atoms with Crippen LogP contribution in [-0.2, 0) is 10.2 Å². The van der Waals surface area contributed by atoms with Gasteiger partial charge < -0.3 is 14.7 Å². The fraction of sp³-hybridized carbons (Fsp3) is 0.484. The lowest BCUT2D eigenvalue weighted by atomic mass is 9.76. The predicted molar refractivity (Wildman–Crippen MR) is 147 cm³/mol. The summed E-state index contributed by atoms with van der Waals surface area (Å²) >= 11 is 0. The Bertz CT molecular complexity index is 1270. The maximum absolute atomic E-state index is 10.7. The van der Waals surface area contributed by atoms with Gasteiger partial charge in [0.1, 0.15) is 11.9 Å². The van der Waals surface area contributed by atoms with Crippen LogP contribution in [0.1, 0.15) is 57.1 Å². The fourth-order valence-corrected chi connectivity index (χ4v) is 6.69. The van der Waals surface area contributed by atoms with Crippen LogP contribution >= 0.6 is 0 Å². The molecule has 0 bridgehead atoms. The van der Waals surface area contributed by atoms with Crippen molar-refractivity contribution in [2.75, 3.05) is 44.2 Å². The number of hydrogen-bond acceptors (Lipinski definition) is 4. The van der Waals surface area contributed by atoms with Crippen LogP contribution in [0, 0.1) is 0 Å². The third-order valence-corrected chi connectivity index (χ3v) is 8.65. The molecule has 2 aromatic rings. The molecular formula is C31H38N3O3+. The number of carboxylic acids is 1. The lowest BCUT2D eigenvalue weighted by molar-refractivity contribution is -0.444. The van der Waals surface area contributed by atoms with Crippen molar-refractivity contribution in [3.63, 3.8) is 0 Å². The molecule has 1 N–H and O–H groups in total. The Morgan fingerprint density at radius 3 is 2.70 bits per heavy atom. The number of ether oxygens (including phenoxy) is 1. The van der Waals surface area contributed by atoms with E-state index in [9.17, 15) is 4.79 Å². The molecule has 4 heterocycles. The van der Waals surface area contributed by atoms with E-state index in [0.29, 0.717) is 0 Å². The Morgan fingerprint density at radius 1 is 1.08 bits per heavy atom. The van der Waals surface area contributed by atoms with E-state index in [1.165, 1.54) is 33.8 Å². The molecule has 1 unspecified atom stereocenters. The molecule has 0 amide bonds. The van der Waals surface area contributed by atoms with Crippen LogP contribution in [0.3, 0.4) is 0 Å². The first-order valence-corrected chi connectivity index (χ1v) is 13.9. The molecule has 4 aliphatic rings. The third kappa shape index (κ3) is 4.46. The molecule has 4 aliphatic heterocycles. The standard InChI is InChI=1S/C31H37N3O3/c1-31(2)25-8-5-6-9-26(25)34-15-13-27-24(30(31)34)20-22-11-12-23(21-28(22)37-27)33-18-16-32(17-19-33)14-7-3-4-10-29(35)36/h5-6,8-9,11-12,20-21,27H,3-4,7,10,13-19H2,1-2H3/p+1. The van der Waals surface area contributed by atoms with Crippen molar-refractivity contribution in [1.82, 2.24) is 4.90 Å². The molecule has 37 heavy (non-hydrogen) atoms. The molecule has 1 saturated heterocycles. The molecule has 0 aromatic heterocycles. The lowest BCUT2D eigenvalue weighted by Gasteiger charge is -2.37. The molecule has 194 valence electrons. The molecule has 1 fully saturated rings. The van der Waals surface area contributed by atoms with Crippen molar-refractivity contribution in [1.29, 1.82) is 0 Å². The van der Waals surface area contributed by atoms with E-state index in [2.05, 4.69) is 76.8 Å². The second-order valence-electron chi connectivity index (χ2n) is 11.4. The number of benzene rings is 2. The number of fused-ring (bicyclic) bond motifs is 5. The van der Waals surface area contributed by atoms with Gasteiger partial charge in [-0.1, -0.05) is 24.6 Å². The van der Waals surface area contributed by atoms with Gasteiger partial charge in [0, 0.05) is 68.0 Å². The van der Waals surface area contributed by atoms with E-state index in [-0.39, 0.29) is 17.9 Å². The molecule has 0 aliphatic carbocycles. The van der Waals surface area contributed by atoms with Crippen LogP contribution in [0.4, 0.5) is 11.4 Å². The summed E-state index contributed by atoms with van der Waals surface area (Å²) in [7, 11) is 0. The minimum absolute atomic E-state index is 0.0299. The van der Waals surface area contributed by atoms with Crippen molar-refractivity contribution in [2.45, 2.75) is 57.5 Å². The van der Waals surface area contributed by atoms with Crippen LogP contribution < -0.4 is 9.64 Å². The highest BCUT2D eigenvalue weighted by atomic mass is 16.5. The average molecular weight is 501 g/mol. The number of carboxylic acid groups (broad SMARTS) is 1. The second kappa shape index (κ2) is 9.64. The first kappa shape index (κ1) is 24.2. The van der Waals surface area contributed by atoms with Crippen LogP contribution in [-0.4, -0.2) is 71.6 Å². The Balaban J connectivity index is 1.14. The average Bonchev–Trinajstić information content (AvgIpc) is 3.14. The summed E-state index contributed by atoms with van der Waals surface area (Å²) in [6.45, 7) is 10.9. The molecule has 0 radical (unpaired) electrons. The first-order chi connectivity index (χ1) is 17.9. The molecule has 1 atom stereocenters. The SMILES string of the molecule is CC1(C)C2=[N+](CCC3Oc4cc(N5CCN(CCCCCC(=O)O)CC5)ccc4C=C23)c2ccccc21. The number of nitrogens with zero attached hydrogens (tertiary/aromatic N) is 3. The topological polar surface area (TPSA) is 56.0 Å². The molecular weight excluding hydrogens is 462 g/mol. The monoisotopic (exact) mass is 500 g/mol. The summed E-state index contributed by atoms with van der Waals surface area (Å²) < 4.78 is 9.21. The van der Waals surface area contributed by atoms with Gasteiger partial charge in [0.2, 0.25) is 5.69 Å². The number of hydrogen-bond donors (Lipinski definition) is 1. The van der Waals surface area contributed by atoms with E-state index in [0.717, 1.165) is 70.7 Å². The maximum atomic E-state index is 10.7. The lowest BCUT2D eigenvalue weighted by Crippen LogP contribution is -2.46. The zero-order chi connectivity index (χ0) is 25.6. The number of piperazine rings is 1. The van der Waals surface area contributed by atoms with Crippen molar-refractivity contribution < 1.29 is 19.2 Å². The highest BCUT2D eigenvalue weighted by molar-refractivity contribution is 6.11. The summed E-state index contributed by atoms with van der Waals surface area (Å²) in [5.41, 5.74) is 7.89. The molecule has 2 aromatic carbocycles. The minimum Gasteiger partial charge on any atom is -0.485 e. The van der Waals surface area contributed by atoms with Crippen molar-refractivity contribution in [3.8, 4) is 5.75 Å². The van der Waals surface area contributed by atoms with Gasteiger partial charge in [-0.05, 0) is 51.4 Å². The zero-order valence-corrected chi connectivity index (χ0v) is 22.1. The third-order valence-electron chi connectivity index (χ3n) is 8.65. The van der Waals surface area contributed by atoms with Crippen LogP contribution in [0.2, 0.25) is 0 Å². The van der Waals surface area contributed by atoms with Gasteiger partial charge in [-0.2, -0.15) is 4.58 Å². The quantitative estimate of drug-likeness (QED) is 0.425. The van der Waals surface area contributed by atoms with Crippen LogP contribution in [0.25, 0.3) is 6.08 Å². The maximum Gasteiger partial charge on any atom is 0.303 e. The molecule has 6 rings (SSSR count). The van der Waals surface area contributed by atoms with E-state index in [1.54, 1.807) is 0 Å². The summed E-state index contributed by atoms with van der Waals surface area (Å²) in [6, 6.07) is 15.6. The first-order valence-electron chi connectivity index (χ1n) is 13.9. The highest BCUT2D eigenvalue weighted by Crippen LogP contribution is 2.47. The number of rotatable bonds is 7. The Kier molecular flexibility index (Phi) is 6.31. The van der Waals surface area contributed by atoms with E-state index in [4.69, 9.17) is 9.84 Å². The number of unbranched alkanes of at least 4 members (excludes halogenated alkanes) is 2. The molecule has 0 spiro atoms. The Morgan fingerprint density at radius 2 is 1.89 bits per heavy atom. The number of carbonyl (C=O) groups is 1. The smallest absolute Gasteiger partial charge is 0.303 e. The molecule has 6 heteroatoms. The summed E-state index contributed by atoms with van der Waals surface area (Å²) in [5.74, 6) is 0.320. The van der Waals surface area contributed by atoms with Gasteiger partial charge >= 0.3 is 5.97 Å². The van der Waals surface area contributed by atoms with Crippen molar-refractivity contribution >= 4 is 29.1 Å². The number of para-hydroxylation sites is 1. The summed E-state index contributed by atoms with van der Waals surface area (Å²) in [4.78, 5) is 15.7. The van der Waals surface area contributed by atoms with Crippen LogP contribution in [0.15, 0.2) is 48.0 Å².